The minimum atomic E-state index is -2.78. The van der Waals surface area contributed by atoms with E-state index in [4.69, 9.17) is 5.11 Å². The molecule has 0 saturated heterocycles. The number of carboxylic acid groups (broad SMARTS) is 1. The predicted molar refractivity (Wildman–Crippen MR) is 45.9 cm³/mol. The lowest BCUT2D eigenvalue weighted by Gasteiger charge is -1.95. The molecular formula is C9H5F2NO3. The summed E-state index contributed by atoms with van der Waals surface area (Å²) in [6.45, 7) is 0. The van der Waals surface area contributed by atoms with Crippen molar-refractivity contribution in [3.05, 3.63) is 29.5 Å². The quantitative estimate of drug-likeness (QED) is 0.832. The van der Waals surface area contributed by atoms with Gasteiger partial charge in [-0.1, -0.05) is 5.16 Å². The van der Waals surface area contributed by atoms with Crippen LogP contribution >= 0.6 is 0 Å². The van der Waals surface area contributed by atoms with Crippen molar-refractivity contribution in [3.8, 4) is 0 Å². The van der Waals surface area contributed by atoms with E-state index in [0.717, 1.165) is 6.07 Å². The van der Waals surface area contributed by atoms with E-state index in [1.165, 1.54) is 12.1 Å². The lowest BCUT2D eigenvalue weighted by molar-refractivity contribution is 0.0697. The van der Waals surface area contributed by atoms with Crippen LogP contribution in [0, 0.1) is 0 Å². The molecule has 0 bridgehead atoms. The largest absolute Gasteiger partial charge is 0.478 e. The molecule has 0 atom stereocenters. The maximum Gasteiger partial charge on any atom is 0.335 e. The monoisotopic (exact) mass is 213 g/mol. The summed E-state index contributed by atoms with van der Waals surface area (Å²) in [5.41, 5.74) is -0.462. The molecule has 0 aliphatic heterocycles. The van der Waals surface area contributed by atoms with Gasteiger partial charge in [-0.05, 0) is 18.2 Å². The summed E-state index contributed by atoms with van der Waals surface area (Å²) in [5, 5.41) is 11.9. The summed E-state index contributed by atoms with van der Waals surface area (Å²) in [7, 11) is 0. The van der Waals surface area contributed by atoms with Crippen molar-refractivity contribution in [2.45, 2.75) is 6.43 Å². The third-order valence-electron chi connectivity index (χ3n) is 1.95. The lowest BCUT2D eigenvalue weighted by atomic mass is 10.1. The van der Waals surface area contributed by atoms with E-state index in [2.05, 4.69) is 9.68 Å². The van der Waals surface area contributed by atoms with Crippen molar-refractivity contribution in [2.75, 3.05) is 0 Å². The first-order chi connectivity index (χ1) is 7.09. The first-order valence-corrected chi connectivity index (χ1v) is 4.00. The van der Waals surface area contributed by atoms with Crippen molar-refractivity contribution >= 4 is 16.9 Å². The summed E-state index contributed by atoms with van der Waals surface area (Å²) < 4.78 is 29.4. The smallest absolute Gasteiger partial charge is 0.335 e. The molecule has 0 radical (unpaired) electrons. The van der Waals surface area contributed by atoms with Crippen molar-refractivity contribution < 1.29 is 23.2 Å². The van der Waals surface area contributed by atoms with Crippen LogP contribution in [0.3, 0.4) is 0 Å². The van der Waals surface area contributed by atoms with E-state index in [-0.39, 0.29) is 16.5 Å². The second-order valence-electron chi connectivity index (χ2n) is 2.88. The lowest BCUT2D eigenvalue weighted by Crippen LogP contribution is -1.95. The van der Waals surface area contributed by atoms with Crippen molar-refractivity contribution in [2.24, 2.45) is 0 Å². The van der Waals surface area contributed by atoms with Crippen LogP contribution in [0.5, 0.6) is 0 Å². The molecule has 15 heavy (non-hydrogen) atoms. The van der Waals surface area contributed by atoms with Crippen LogP contribution in [0.4, 0.5) is 8.78 Å². The third kappa shape index (κ3) is 1.54. The van der Waals surface area contributed by atoms with Gasteiger partial charge in [0.25, 0.3) is 6.43 Å². The van der Waals surface area contributed by atoms with E-state index in [1.807, 2.05) is 0 Å². The van der Waals surface area contributed by atoms with Gasteiger partial charge in [0.2, 0.25) is 0 Å². The van der Waals surface area contributed by atoms with E-state index in [0.29, 0.717) is 0 Å². The predicted octanol–water partition coefficient (Wildman–Crippen LogP) is 2.46. The number of aromatic nitrogens is 1. The average Bonchev–Trinajstić information content (AvgIpc) is 2.59. The number of carbonyl (C=O) groups is 1. The van der Waals surface area contributed by atoms with Gasteiger partial charge < -0.3 is 9.63 Å². The van der Waals surface area contributed by atoms with E-state index < -0.39 is 18.1 Å². The number of fused-ring (bicyclic) bond motifs is 1. The number of benzene rings is 1. The fourth-order valence-electron chi connectivity index (χ4n) is 1.25. The normalized spacial score (nSPS) is 11.1. The van der Waals surface area contributed by atoms with Crippen molar-refractivity contribution in [1.82, 2.24) is 5.16 Å². The van der Waals surface area contributed by atoms with Gasteiger partial charge in [-0.2, -0.15) is 0 Å². The Morgan fingerprint density at radius 2 is 2.20 bits per heavy atom. The third-order valence-corrected chi connectivity index (χ3v) is 1.95. The van der Waals surface area contributed by atoms with Gasteiger partial charge in [-0.25, -0.2) is 13.6 Å². The zero-order chi connectivity index (χ0) is 11.0. The number of alkyl halides is 2. The molecule has 1 heterocycles. The van der Waals surface area contributed by atoms with Crippen LogP contribution in [-0.2, 0) is 0 Å². The standard InChI is InChI=1S/C9H5F2NO3/c10-8(11)7-5-3-4(9(13)14)1-2-6(5)15-12-7/h1-3,8H,(H,13,14). The first kappa shape index (κ1) is 9.57. The van der Waals surface area contributed by atoms with Crippen LogP contribution in [0.2, 0.25) is 0 Å². The Balaban J connectivity index is 2.66. The molecule has 0 aliphatic carbocycles. The second kappa shape index (κ2) is 3.30. The molecular weight excluding hydrogens is 208 g/mol. The minimum Gasteiger partial charge on any atom is -0.478 e. The summed E-state index contributed by atoms with van der Waals surface area (Å²) in [4.78, 5) is 10.6. The summed E-state index contributed by atoms with van der Waals surface area (Å²) in [6.07, 6.45) is -2.78. The summed E-state index contributed by atoms with van der Waals surface area (Å²) >= 11 is 0. The average molecular weight is 213 g/mol. The molecule has 2 aromatic rings. The molecule has 1 N–H and O–H groups in total. The van der Waals surface area contributed by atoms with Gasteiger partial charge in [0.1, 0.15) is 0 Å². The number of rotatable bonds is 2. The first-order valence-electron chi connectivity index (χ1n) is 4.00. The molecule has 1 aromatic carbocycles. The molecule has 0 spiro atoms. The molecule has 0 aliphatic rings. The maximum atomic E-state index is 12.4. The number of carboxylic acids is 1. The van der Waals surface area contributed by atoms with Gasteiger partial charge in [-0.3, -0.25) is 0 Å². The fourth-order valence-corrected chi connectivity index (χ4v) is 1.25. The number of aromatic carboxylic acids is 1. The zero-order valence-electron chi connectivity index (χ0n) is 7.28. The molecule has 2 rings (SSSR count). The molecule has 0 fully saturated rings. The molecule has 0 amide bonds. The van der Waals surface area contributed by atoms with Crippen molar-refractivity contribution in [3.63, 3.8) is 0 Å². The number of hydrogen-bond acceptors (Lipinski definition) is 3. The maximum absolute atomic E-state index is 12.4. The van der Waals surface area contributed by atoms with Crippen LogP contribution in [0.25, 0.3) is 11.0 Å². The highest BCUT2D eigenvalue weighted by atomic mass is 19.3. The Morgan fingerprint density at radius 3 is 2.80 bits per heavy atom. The Bertz CT molecular complexity index is 521. The minimum absolute atomic E-state index is 0.0323. The molecule has 1 aromatic heterocycles. The van der Waals surface area contributed by atoms with E-state index in [1.54, 1.807) is 0 Å². The Hall–Kier alpha value is -1.98. The number of hydrogen-bond donors (Lipinski definition) is 1. The fraction of sp³-hybridized carbons (Fsp3) is 0.111. The zero-order valence-corrected chi connectivity index (χ0v) is 7.28. The van der Waals surface area contributed by atoms with Gasteiger partial charge in [0.05, 0.1) is 10.9 Å². The highest BCUT2D eigenvalue weighted by molar-refractivity contribution is 5.93. The SMILES string of the molecule is O=C(O)c1ccc2onc(C(F)F)c2c1. The van der Waals surface area contributed by atoms with Gasteiger partial charge >= 0.3 is 5.97 Å². The Labute approximate surface area is 82.1 Å². The number of halogens is 2. The highest BCUT2D eigenvalue weighted by Crippen LogP contribution is 2.27. The van der Waals surface area contributed by atoms with Crippen LogP contribution in [0.15, 0.2) is 22.7 Å². The van der Waals surface area contributed by atoms with Crippen LogP contribution in [-0.4, -0.2) is 16.2 Å². The second-order valence-corrected chi connectivity index (χ2v) is 2.88. The molecule has 4 nitrogen and oxygen atoms in total. The topological polar surface area (TPSA) is 63.3 Å². The molecule has 0 unspecified atom stereocenters. The van der Waals surface area contributed by atoms with Gasteiger partial charge in [0, 0.05) is 0 Å². The van der Waals surface area contributed by atoms with Crippen LogP contribution < -0.4 is 0 Å². The summed E-state index contributed by atoms with van der Waals surface area (Å²) in [5.74, 6) is -1.18. The molecule has 0 saturated carbocycles. The van der Waals surface area contributed by atoms with E-state index in [9.17, 15) is 13.6 Å². The van der Waals surface area contributed by atoms with Crippen molar-refractivity contribution in [1.29, 1.82) is 0 Å². The van der Waals surface area contributed by atoms with Crippen LogP contribution in [0.1, 0.15) is 22.5 Å². The Kier molecular flexibility index (Phi) is 2.11. The highest BCUT2D eigenvalue weighted by Gasteiger charge is 2.18. The molecule has 78 valence electrons. The van der Waals surface area contributed by atoms with E-state index >= 15 is 0 Å². The number of nitrogens with zero attached hydrogens (tertiary/aromatic N) is 1. The Morgan fingerprint density at radius 1 is 1.47 bits per heavy atom. The summed E-state index contributed by atoms with van der Waals surface area (Å²) in [6, 6.07) is 3.69. The molecule has 6 heteroatoms. The van der Waals surface area contributed by atoms with Gasteiger partial charge in [0.15, 0.2) is 11.3 Å². The van der Waals surface area contributed by atoms with Gasteiger partial charge in [-0.15, -0.1) is 0 Å².